The van der Waals surface area contributed by atoms with E-state index in [2.05, 4.69) is 77.3 Å². The summed E-state index contributed by atoms with van der Waals surface area (Å²) in [5.74, 6) is 2.38. The highest BCUT2D eigenvalue weighted by molar-refractivity contribution is 6.08. The van der Waals surface area contributed by atoms with Crippen molar-refractivity contribution in [3.63, 3.8) is 0 Å². The minimum atomic E-state index is -0.275. The Morgan fingerprint density at radius 3 is 2.10 bits per heavy atom. The van der Waals surface area contributed by atoms with Crippen LogP contribution in [0.5, 0.6) is 0 Å². The van der Waals surface area contributed by atoms with E-state index in [1.54, 1.807) is 0 Å². The van der Waals surface area contributed by atoms with Crippen molar-refractivity contribution >= 4 is 34.8 Å². The molecule has 1 aromatic rings. The van der Waals surface area contributed by atoms with Gasteiger partial charge in [0.2, 0.25) is 0 Å². The minimum absolute atomic E-state index is 0.00651. The Balaban J connectivity index is 0.809. The van der Waals surface area contributed by atoms with E-state index < -0.39 is 0 Å². The van der Waals surface area contributed by atoms with Gasteiger partial charge < -0.3 is 29.8 Å². The number of ketones is 1. The average Bonchev–Trinajstić information content (AvgIpc) is 4.17. The van der Waals surface area contributed by atoms with Gasteiger partial charge in [0.25, 0.3) is 0 Å². The van der Waals surface area contributed by atoms with Crippen LogP contribution in [0.15, 0.2) is 79.6 Å². The first-order chi connectivity index (χ1) is 37.2. The summed E-state index contributed by atoms with van der Waals surface area (Å²) in [6.45, 7) is 22.5. The Morgan fingerprint density at radius 1 is 0.818 bits per heavy atom. The number of aromatic nitrogens is 1. The molecule has 10 nitrogen and oxygen atoms in total. The van der Waals surface area contributed by atoms with Gasteiger partial charge in [-0.3, -0.25) is 19.6 Å². The fourth-order valence-corrected chi connectivity index (χ4v) is 14.7. The molecule has 0 saturated heterocycles. The van der Waals surface area contributed by atoms with Gasteiger partial charge in [-0.25, -0.2) is 0 Å². The van der Waals surface area contributed by atoms with E-state index in [0.717, 1.165) is 137 Å². The first-order valence-electron chi connectivity index (χ1n) is 30.8. The molecular formula is C67H99N5O5. The van der Waals surface area contributed by atoms with Gasteiger partial charge in [0, 0.05) is 65.9 Å². The molecule has 4 atom stereocenters. The molecule has 3 fully saturated rings. The number of ether oxygens (including phenoxy) is 3. The lowest BCUT2D eigenvalue weighted by atomic mass is 9.67. The maximum atomic E-state index is 13.9. The van der Waals surface area contributed by atoms with Gasteiger partial charge >= 0.3 is 5.97 Å². The smallest absolute Gasteiger partial charge is 0.305 e. The molecule has 422 valence electrons. The molecule has 4 heterocycles. The van der Waals surface area contributed by atoms with E-state index in [1.165, 1.54) is 95.5 Å². The molecule has 3 saturated carbocycles. The fraction of sp³-hybridized carbons (Fsp3) is 0.672. The summed E-state index contributed by atoms with van der Waals surface area (Å²) in [7, 11) is 4.26. The number of aliphatic imine (C=N–C) groups is 2. The highest BCUT2D eigenvalue weighted by Crippen LogP contribution is 2.47. The first kappa shape index (κ1) is 58.8. The van der Waals surface area contributed by atoms with Gasteiger partial charge in [-0.05, 0) is 207 Å². The number of carbonyl (C=O) groups excluding carboxylic acids is 2. The van der Waals surface area contributed by atoms with Crippen molar-refractivity contribution < 1.29 is 23.8 Å². The zero-order chi connectivity index (χ0) is 54.8. The summed E-state index contributed by atoms with van der Waals surface area (Å²) >= 11 is 0. The van der Waals surface area contributed by atoms with Crippen LogP contribution < -0.4 is 16.4 Å². The van der Waals surface area contributed by atoms with E-state index in [0.29, 0.717) is 43.8 Å². The van der Waals surface area contributed by atoms with Crippen LogP contribution in [-0.2, 0) is 19.0 Å². The van der Waals surface area contributed by atoms with Gasteiger partial charge in [0.05, 0.1) is 42.5 Å². The molecular weight excluding hydrogens is 955 g/mol. The zero-order valence-electron chi connectivity index (χ0n) is 49.3. The number of H-pyrrole nitrogens is 1. The number of esters is 1. The van der Waals surface area contributed by atoms with Crippen LogP contribution >= 0.6 is 0 Å². The lowest BCUT2D eigenvalue weighted by Crippen LogP contribution is -2.31. The Kier molecular flexibility index (Phi) is 21.1. The number of nitrogens with zero attached hydrogens (tertiary/aromatic N) is 3. The summed E-state index contributed by atoms with van der Waals surface area (Å²) < 4.78 is 18.8. The van der Waals surface area contributed by atoms with E-state index in [1.807, 2.05) is 37.1 Å². The highest BCUT2D eigenvalue weighted by Gasteiger charge is 2.42. The molecule has 3 N–H and O–H groups in total. The van der Waals surface area contributed by atoms with E-state index in [4.69, 9.17) is 29.9 Å². The Bertz CT molecular complexity index is 2630. The standard InChI is InChI=1S/C67H99N5O5/c1-11-52-42(4)38-58-44(6)53(12-2)61(69-58)41-60-46(8)64-62(73)39-56(67(64)71-60)66-55(45(7)59(70-66)40-57(68)43(52)5)32-33-63(74)77-36-21-16-14-15-20-35-75-50-28-24-48(25-29-50)65(54(13-3)47-22-18-17-19-23-47)49-26-30-51(31-27-49)76-37-34-72(9)10/h11,38,40-41,44-45,47-51,55,66,71H,1,12-37,39,68H2,2-10H3/b42-38+,52-43-,57-40-,60-41-,65-54-/t44?,45-,48?,49?,50?,51?,55-,66?/m0/s1. The molecule has 0 amide bonds. The largest absolute Gasteiger partial charge is 0.466 e. The van der Waals surface area contributed by atoms with Crippen molar-refractivity contribution in [2.75, 3.05) is 40.5 Å². The summed E-state index contributed by atoms with van der Waals surface area (Å²) in [4.78, 5) is 43.8. The lowest BCUT2D eigenvalue weighted by molar-refractivity contribution is -0.144. The minimum Gasteiger partial charge on any atom is -0.466 e. The monoisotopic (exact) mass is 1050 g/mol. The summed E-state index contributed by atoms with van der Waals surface area (Å²) in [5, 5.41) is 1.79. The number of hydrogen-bond acceptors (Lipinski definition) is 9. The molecule has 6 bridgehead atoms. The number of nitrogens with two attached hydrogens (primary N) is 1. The number of fused-ring (bicyclic) bond motifs is 4. The third-order valence-corrected chi connectivity index (χ3v) is 19.3. The third-order valence-electron chi connectivity index (χ3n) is 19.3. The number of nitrogens with one attached hydrogen (secondary N) is 1. The second-order valence-corrected chi connectivity index (χ2v) is 24.5. The lowest BCUT2D eigenvalue weighted by Gasteiger charge is -2.40. The van der Waals surface area contributed by atoms with Crippen molar-refractivity contribution in [2.45, 2.75) is 214 Å². The predicted molar refractivity (Wildman–Crippen MR) is 317 cm³/mol. The molecule has 10 heteroatoms. The Hall–Kier alpha value is -4.38. The molecule has 0 radical (unpaired) electrons. The van der Waals surface area contributed by atoms with Crippen LogP contribution in [0.1, 0.15) is 205 Å². The van der Waals surface area contributed by atoms with Crippen LogP contribution in [0, 0.1) is 42.4 Å². The van der Waals surface area contributed by atoms with Crippen LogP contribution in [0.25, 0.3) is 11.6 Å². The summed E-state index contributed by atoms with van der Waals surface area (Å²) in [6, 6.07) is -0.275. The fourth-order valence-electron chi connectivity index (χ4n) is 14.7. The molecule has 77 heavy (non-hydrogen) atoms. The van der Waals surface area contributed by atoms with Gasteiger partial charge in [-0.1, -0.05) is 90.0 Å². The number of aromatic amines is 1. The molecule has 8 rings (SSSR count). The van der Waals surface area contributed by atoms with Crippen LogP contribution in [0.2, 0.25) is 0 Å². The quantitative estimate of drug-likeness (QED) is 0.0671. The highest BCUT2D eigenvalue weighted by atomic mass is 16.5. The van der Waals surface area contributed by atoms with E-state index in [-0.39, 0.29) is 35.5 Å². The second-order valence-electron chi connectivity index (χ2n) is 24.5. The molecule has 1 aromatic heterocycles. The Labute approximate surface area is 464 Å². The number of unbranched alkanes of at least 4 members (excludes halogenated alkanes) is 4. The maximum Gasteiger partial charge on any atom is 0.305 e. The van der Waals surface area contributed by atoms with Gasteiger partial charge in [-0.2, -0.15) is 0 Å². The Morgan fingerprint density at radius 2 is 1.47 bits per heavy atom. The number of allylic oxidation sites excluding steroid dienone is 10. The number of likely N-dealkylation sites (N-methyl/N-ethyl adjacent to an activating group) is 1. The molecule has 0 aromatic carbocycles. The average molecular weight is 1050 g/mol. The zero-order valence-corrected chi connectivity index (χ0v) is 49.3. The van der Waals surface area contributed by atoms with Crippen LogP contribution in [-0.4, -0.2) is 91.8 Å². The molecule has 4 aliphatic carbocycles. The van der Waals surface area contributed by atoms with Crippen molar-refractivity contribution in [1.82, 2.24) is 9.88 Å². The second kappa shape index (κ2) is 27.7. The summed E-state index contributed by atoms with van der Waals surface area (Å²) in [5.41, 5.74) is 21.1. The van der Waals surface area contributed by atoms with Gasteiger partial charge in [-0.15, -0.1) is 0 Å². The van der Waals surface area contributed by atoms with Gasteiger partial charge in [0.1, 0.15) is 0 Å². The number of hydrogen-bond donors (Lipinski definition) is 2. The number of rotatable bonds is 22. The predicted octanol–water partition coefficient (Wildman–Crippen LogP) is 13.2. The first-order valence-corrected chi connectivity index (χ1v) is 30.8. The number of Topliss-reactive ketones (excluding diaryl/α,β-unsaturated/α-hetero) is 1. The van der Waals surface area contributed by atoms with Crippen molar-refractivity contribution in [1.29, 1.82) is 0 Å². The molecule has 7 aliphatic rings. The normalized spacial score (nSPS) is 30.3. The van der Waals surface area contributed by atoms with Crippen LogP contribution in [0.4, 0.5) is 0 Å². The van der Waals surface area contributed by atoms with Crippen molar-refractivity contribution in [3.8, 4) is 0 Å². The topological polar surface area (TPSA) is 132 Å². The summed E-state index contributed by atoms with van der Waals surface area (Å²) in [6.07, 6.45) is 34.5. The van der Waals surface area contributed by atoms with E-state index in [9.17, 15) is 9.59 Å². The third kappa shape index (κ3) is 14.2. The van der Waals surface area contributed by atoms with Gasteiger partial charge in [0.15, 0.2) is 5.78 Å². The molecule has 0 spiro atoms. The van der Waals surface area contributed by atoms with E-state index >= 15 is 0 Å². The maximum absolute atomic E-state index is 13.9. The molecule has 3 aliphatic heterocycles. The SMILES string of the molecule is C=CC1=C(C)/C(N)=C/C2=NC(C3=c4[nH]/c(c(C)c4C(=O)C3)=C\C3=C(CC)C(C)C(=N3)\C=C\1C)[C@@H](CCC(=O)OCCCCCCCOC1CCC(/C(=C(\CC)C3CCCCC3)C3CCC(OCCN(C)C)CC3)CC1)[C@@H]2C. The number of carbonyl (C=O) groups is 2. The van der Waals surface area contributed by atoms with Crippen molar-refractivity contribution in [2.24, 2.45) is 51.2 Å². The van der Waals surface area contributed by atoms with Crippen molar-refractivity contribution in [3.05, 3.63) is 91.5 Å². The molecule has 2 unspecified atom stereocenters. The van der Waals surface area contributed by atoms with Crippen LogP contribution in [0.3, 0.4) is 0 Å².